The van der Waals surface area contributed by atoms with Crippen molar-refractivity contribution in [3.8, 4) is 5.69 Å². The minimum atomic E-state index is -0.714. The topological polar surface area (TPSA) is 92.2 Å². The fourth-order valence-electron chi connectivity index (χ4n) is 2.79. The highest BCUT2D eigenvalue weighted by atomic mass is 35.5. The Labute approximate surface area is 178 Å². The highest BCUT2D eigenvalue weighted by molar-refractivity contribution is 6.30. The highest BCUT2D eigenvalue weighted by Crippen LogP contribution is 2.14. The van der Waals surface area contributed by atoms with Gasteiger partial charge in [0.2, 0.25) is 5.91 Å². The number of nitrogens with one attached hydrogen (secondary N) is 3. The molecule has 1 heterocycles. The van der Waals surface area contributed by atoms with E-state index in [0.29, 0.717) is 28.5 Å². The van der Waals surface area contributed by atoms with Crippen LogP contribution in [0.2, 0.25) is 5.02 Å². The van der Waals surface area contributed by atoms with Crippen LogP contribution in [-0.4, -0.2) is 22.5 Å². The number of rotatable bonds is 6. The summed E-state index contributed by atoms with van der Waals surface area (Å²) in [5, 5.41) is 8.66. The lowest BCUT2D eigenvalue weighted by Crippen LogP contribution is -2.45. The molecule has 0 saturated carbocycles. The average molecular weight is 425 g/mol. The highest BCUT2D eigenvalue weighted by Gasteiger charge is 2.19. The maximum Gasteiger partial charge on any atom is 0.319 e. The predicted octanol–water partition coefficient (Wildman–Crippen LogP) is 4.03. The number of urea groups is 1. The molecule has 0 spiro atoms. The molecule has 0 aliphatic heterocycles. The van der Waals surface area contributed by atoms with Crippen molar-refractivity contribution in [3.63, 3.8) is 0 Å². The zero-order valence-electron chi connectivity index (χ0n) is 16.3. The summed E-state index contributed by atoms with van der Waals surface area (Å²) in [6.45, 7) is 1.80. The summed E-state index contributed by atoms with van der Waals surface area (Å²) in [4.78, 5) is 36.6. The summed E-state index contributed by atoms with van der Waals surface area (Å²) in [7, 11) is 0. The van der Waals surface area contributed by atoms with Crippen LogP contribution in [0.3, 0.4) is 0 Å². The minimum absolute atomic E-state index is 0.142. The van der Waals surface area contributed by atoms with Crippen molar-refractivity contribution >= 4 is 34.9 Å². The molecule has 0 fully saturated rings. The van der Waals surface area contributed by atoms with Gasteiger partial charge >= 0.3 is 6.03 Å². The third-order valence-corrected chi connectivity index (χ3v) is 4.62. The Hall–Kier alpha value is -3.58. The van der Waals surface area contributed by atoms with Gasteiger partial charge in [0.15, 0.2) is 0 Å². The lowest BCUT2D eigenvalue weighted by molar-refractivity contribution is -0.117. The number of aromatic nitrogens is 1. The molecule has 2 aromatic carbocycles. The number of benzene rings is 2. The van der Waals surface area contributed by atoms with Crippen molar-refractivity contribution in [1.29, 1.82) is 0 Å². The van der Waals surface area contributed by atoms with E-state index in [1.54, 1.807) is 73.8 Å². The molecule has 0 aliphatic rings. The molecule has 0 bridgehead atoms. The summed E-state index contributed by atoms with van der Waals surface area (Å²) in [6, 6.07) is 17.2. The van der Waals surface area contributed by atoms with E-state index in [9.17, 15) is 14.4 Å². The van der Waals surface area contributed by atoms with Crippen LogP contribution in [0.25, 0.3) is 5.69 Å². The first-order valence-electron chi connectivity index (χ1n) is 9.38. The van der Waals surface area contributed by atoms with Crippen LogP contribution in [0.5, 0.6) is 0 Å². The zero-order chi connectivity index (χ0) is 21.5. The first-order chi connectivity index (χ1) is 14.5. The van der Waals surface area contributed by atoms with Crippen LogP contribution in [0.4, 0.5) is 16.2 Å². The van der Waals surface area contributed by atoms with Crippen LogP contribution >= 0.6 is 11.6 Å². The molecule has 8 heteroatoms. The van der Waals surface area contributed by atoms with Gasteiger partial charge in [-0.2, -0.15) is 0 Å². The molecule has 7 nitrogen and oxygen atoms in total. The van der Waals surface area contributed by atoms with Gasteiger partial charge < -0.3 is 16.0 Å². The Kier molecular flexibility index (Phi) is 6.87. The van der Waals surface area contributed by atoms with Gasteiger partial charge in [-0.15, -0.1) is 0 Å². The van der Waals surface area contributed by atoms with Crippen molar-refractivity contribution in [2.75, 3.05) is 10.6 Å². The van der Waals surface area contributed by atoms with E-state index in [-0.39, 0.29) is 11.5 Å². The fourth-order valence-corrected chi connectivity index (χ4v) is 2.91. The van der Waals surface area contributed by atoms with E-state index in [2.05, 4.69) is 16.0 Å². The number of pyridine rings is 1. The summed E-state index contributed by atoms with van der Waals surface area (Å²) < 4.78 is 1.50. The Bertz CT molecular complexity index is 1080. The maximum absolute atomic E-state index is 12.6. The molecule has 0 aliphatic carbocycles. The Balaban J connectivity index is 1.60. The molecule has 1 aromatic heterocycles. The first-order valence-corrected chi connectivity index (χ1v) is 9.76. The Morgan fingerprint density at radius 3 is 2.20 bits per heavy atom. The van der Waals surface area contributed by atoms with Crippen LogP contribution < -0.4 is 21.5 Å². The number of carbonyl (C=O) groups is 2. The second-order valence-corrected chi connectivity index (χ2v) is 6.95. The van der Waals surface area contributed by atoms with Crippen LogP contribution in [-0.2, 0) is 4.79 Å². The van der Waals surface area contributed by atoms with Gasteiger partial charge in [-0.25, -0.2) is 4.79 Å². The molecular formula is C22H21ClN4O3. The zero-order valence-corrected chi connectivity index (χ0v) is 17.0. The predicted molar refractivity (Wildman–Crippen MR) is 118 cm³/mol. The van der Waals surface area contributed by atoms with Gasteiger partial charge in [0.1, 0.15) is 6.04 Å². The second-order valence-electron chi connectivity index (χ2n) is 6.51. The van der Waals surface area contributed by atoms with Crippen molar-refractivity contribution in [2.24, 2.45) is 0 Å². The maximum atomic E-state index is 12.6. The molecule has 3 rings (SSSR count). The van der Waals surface area contributed by atoms with Gasteiger partial charge in [0, 0.05) is 34.3 Å². The van der Waals surface area contributed by atoms with Crippen molar-refractivity contribution < 1.29 is 9.59 Å². The number of halogens is 1. The molecule has 30 heavy (non-hydrogen) atoms. The fraction of sp³-hybridized carbons (Fsp3) is 0.136. The lowest BCUT2D eigenvalue weighted by Gasteiger charge is -2.17. The van der Waals surface area contributed by atoms with Crippen molar-refractivity contribution in [2.45, 2.75) is 19.4 Å². The molecule has 1 atom stereocenters. The Morgan fingerprint density at radius 1 is 0.933 bits per heavy atom. The number of hydrogen-bond donors (Lipinski definition) is 3. The second kappa shape index (κ2) is 9.76. The number of nitrogens with zero attached hydrogens (tertiary/aromatic N) is 1. The van der Waals surface area contributed by atoms with E-state index in [1.807, 2.05) is 0 Å². The number of carbonyl (C=O) groups excluding carboxylic acids is 2. The van der Waals surface area contributed by atoms with Gasteiger partial charge in [-0.05, 0) is 61.0 Å². The van der Waals surface area contributed by atoms with Crippen LogP contribution in [0, 0.1) is 0 Å². The average Bonchev–Trinajstić information content (AvgIpc) is 2.74. The van der Waals surface area contributed by atoms with E-state index in [0.717, 1.165) is 0 Å². The first kappa shape index (κ1) is 21.1. The molecule has 1 unspecified atom stereocenters. The third kappa shape index (κ3) is 5.48. The van der Waals surface area contributed by atoms with Crippen LogP contribution in [0.1, 0.15) is 13.3 Å². The Morgan fingerprint density at radius 2 is 1.57 bits per heavy atom. The number of anilines is 2. The smallest absolute Gasteiger partial charge is 0.319 e. The molecule has 3 N–H and O–H groups in total. The van der Waals surface area contributed by atoms with Gasteiger partial charge in [0.25, 0.3) is 5.56 Å². The van der Waals surface area contributed by atoms with E-state index in [4.69, 9.17) is 11.6 Å². The molecule has 3 aromatic rings. The molecule has 154 valence electrons. The molecule has 0 saturated heterocycles. The number of hydrogen-bond acceptors (Lipinski definition) is 3. The largest absolute Gasteiger partial charge is 0.326 e. The van der Waals surface area contributed by atoms with Gasteiger partial charge in [-0.3, -0.25) is 14.2 Å². The molecule has 3 amide bonds. The minimum Gasteiger partial charge on any atom is -0.326 e. The standard InChI is InChI=1S/C22H21ClN4O3/c1-2-19(26-22(30)25-17-8-6-15(23)7-9-17)21(29)24-16-10-12-18(13-11-16)27-14-4-3-5-20(27)28/h3-14,19H,2H2,1H3,(H,24,29)(H2,25,26,30). The molecular weight excluding hydrogens is 404 g/mol. The normalized spacial score (nSPS) is 11.4. The lowest BCUT2D eigenvalue weighted by atomic mass is 10.2. The van der Waals surface area contributed by atoms with Gasteiger partial charge in [0.05, 0.1) is 0 Å². The van der Waals surface area contributed by atoms with Crippen molar-refractivity contribution in [1.82, 2.24) is 9.88 Å². The molecule has 0 radical (unpaired) electrons. The third-order valence-electron chi connectivity index (χ3n) is 4.37. The summed E-state index contributed by atoms with van der Waals surface area (Å²) in [5.41, 5.74) is 1.67. The van der Waals surface area contributed by atoms with E-state index >= 15 is 0 Å². The summed E-state index contributed by atoms with van der Waals surface area (Å²) in [6.07, 6.45) is 2.09. The summed E-state index contributed by atoms with van der Waals surface area (Å²) >= 11 is 5.83. The van der Waals surface area contributed by atoms with Crippen molar-refractivity contribution in [3.05, 3.63) is 88.3 Å². The number of amides is 3. The quantitative estimate of drug-likeness (QED) is 0.557. The van der Waals surface area contributed by atoms with Crippen LogP contribution in [0.15, 0.2) is 77.7 Å². The monoisotopic (exact) mass is 424 g/mol. The van der Waals surface area contributed by atoms with E-state index < -0.39 is 12.1 Å². The SMILES string of the molecule is CCC(NC(=O)Nc1ccc(Cl)cc1)C(=O)Nc1ccc(-n2ccccc2=O)cc1. The van der Waals surface area contributed by atoms with E-state index in [1.165, 1.54) is 10.6 Å². The summed E-state index contributed by atoms with van der Waals surface area (Å²) in [5.74, 6) is -0.339. The van der Waals surface area contributed by atoms with Gasteiger partial charge in [-0.1, -0.05) is 24.6 Å².